The number of nitrogens with two attached hydrogens (primary N) is 1. The Bertz CT molecular complexity index is 556. The third-order valence-corrected chi connectivity index (χ3v) is 2.28. The van der Waals surface area contributed by atoms with Crippen LogP contribution in [0.4, 0.5) is 17.3 Å². The first-order valence-electron chi connectivity index (χ1n) is 5.21. The molecule has 2 rings (SSSR count). The van der Waals surface area contributed by atoms with Crippen LogP contribution in [0.15, 0.2) is 36.4 Å². The Morgan fingerprint density at radius 1 is 1.28 bits per heavy atom. The fraction of sp³-hybridized carbons (Fsp3) is 0.0909. The molecule has 0 aliphatic carbocycles. The number of anilines is 2. The van der Waals surface area contributed by atoms with Crippen LogP contribution in [0, 0.1) is 10.1 Å². The maximum Gasteiger partial charge on any atom is 0.269 e. The Morgan fingerprint density at radius 3 is 2.78 bits per heavy atom. The molecule has 0 aliphatic rings. The van der Waals surface area contributed by atoms with E-state index in [1.165, 1.54) is 12.1 Å². The number of benzene rings is 1. The van der Waals surface area contributed by atoms with Crippen LogP contribution in [0.1, 0.15) is 5.56 Å². The standard InChI is InChI=1S/C11H11N5O2/c12-10-4-5-11(15-14-10)13-7-8-2-1-3-9(6-8)16(17)18/h1-6H,7H2,(H2,12,14)(H,13,15). The predicted molar refractivity (Wildman–Crippen MR) is 66.9 cm³/mol. The summed E-state index contributed by atoms with van der Waals surface area (Å²) < 4.78 is 0. The van der Waals surface area contributed by atoms with Crippen LogP contribution in [0.2, 0.25) is 0 Å². The average Bonchev–Trinajstić information content (AvgIpc) is 2.38. The molecule has 0 radical (unpaired) electrons. The van der Waals surface area contributed by atoms with E-state index < -0.39 is 4.92 Å². The monoisotopic (exact) mass is 245 g/mol. The molecule has 0 aliphatic heterocycles. The maximum atomic E-state index is 10.6. The van der Waals surface area contributed by atoms with Crippen LogP contribution in [0.5, 0.6) is 0 Å². The highest BCUT2D eigenvalue weighted by Gasteiger charge is 2.05. The number of rotatable bonds is 4. The highest BCUT2D eigenvalue weighted by Crippen LogP contribution is 2.14. The molecule has 0 spiro atoms. The van der Waals surface area contributed by atoms with E-state index in [0.717, 1.165) is 5.56 Å². The molecule has 0 atom stereocenters. The minimum Gasteiger partial charge on any atom is -0.382 e. The normalized spacial score (nSPS) is 10.0. The van der Waals surface area contributed by atoms with Crippen molar-refractivity contribution in [1.29, 1.82) is 0 Å². The molecule has 0 fully saturated rings. The van der Waals surface area contributed by atoms with Gasteiger partial charge in [-0.15, -0.1) is 10.2 Å². The molecule has 7 heteroatoms. The molecule has 0 unspecified atom stereocenters. The highest BCUT2D eigenvalue weighted by molar-refractivity contribution is 5.40. The van der Waals surface area contributed by atoms with Crippen molar-refractivity contribution < 1.29 is 4.92 Å². The molecule has 1 heterocycles. The van der Waals surface area contributed by atoms with Crippen LogP contribution in [0.25, 0.3) is 0 Å². The maximum absolute atomic E-state index is 10.6. The van der Waals surface area contributed by atoms with Gasteiger partial charge in [0.15, 0.2) is 0 Å². The summed E-state index contributed by atoms with van der Waals surface area (Å²) in [6.45, 7) is 0.431. The SMILES string of the molecule is Nc1ccc(NCc2cccc([N+](=O)[O-])c2)nn1. The quantitative estimate of drug-likeness (QED) is 0.625. The Labute approximate surface area is 103 Å². The summed E-state index contributed by atoms with van der Waals surface area (Å²) in [6.07, 6.45) is 0. The van der Waals surface area contributed by atoms with Gasteiger partial charge in [-0.25, -0.2) is 0 Å². The summed E-state index contributed by atoms with van der Waals surface area (Å²) in [5, 5.41) is 21.1. The van der Waals surface area contributed by atoms with Crippen LogP contribution < -0.4 is 11.1 Å². The van der Waals surface area contributed by atoms with Gasteiger partial charge < -0.3 is 11.1 Å². The lowest BCUT2D eigenvalue weighted by Gasteiger charge is -2.04. The molecule has 1 aromatic carbocycles. The summed E-state index contributed by atoms with van der Waals surface area (Å²) in [7, 11) is 0. The predicted octanol–water partition coefficient (Wildman–Crippen LogP) is 1.58. The number of hydrogen-bond donors (Lipinski definition) is 2. The first-order chi connectivity index (χ1) is 8.65. The first-order valence-corrected chi connectivity index (χ1v) is 5.21. The number of nitro groups is 1. The minimum atomic E-state index is -0.424. The molecule has 3 N–H and O–H groups in total. The zero-order valence-corrected chi connectivity index (χ0v) is 9.41. The van der Waals surface area contributed by atoms with Gasteiger partial charge in [-0.3, -0.25) is 10.1 Å². The van der Waals surface area contributed by atoms with Gasteiger partial charge in [0.25, 0.3) is 5.69 Å². The van der Waals surface area contributed by atoms with Gasteiger partial charge in [0.05, 0.1) is 4.92 Å². The van der Waals surface area contributed by atoms with Crippen LogP contribution in [-0.2, 0) is 6.54 Å². The van der Waals surface area contributed by atoms with Crippen molar-refractivity contribution in [2.45, 2.75) is 6.54 Å². The van der Waals surface area contributed by atoms with E-state index in [1.807, 2.05) is 0 Å². The third-order valence-electron chi connectivity index (χ3n) is 2.28. The van der Waals surface area contributed by atoms with Crippen molar-refractivity contribution in [2.24, 2.45) is 0 Å². The number of nitrogens with one attached hydrogen (secondary N) is 1. The second-order valence-corrected chi connectivity index (χ2v) is 3.62. The van der Waals surface area contributed by atoms with Crippen LogP contribution >= 0.6 is 0 Å². The van der Waals surface area contributed by atoms with Gasteiger partial charge in [-0.1, -0.05) is 12.1 Å². The van der Waals surface area contributed by atoms with Gasteiger partial charge in [0.1, 0.15) is 11.6 Å². The molecule has 0 saturated heterocycles. The second-order valence-electron chi connectivity index (χ2n) is 3.62. The molecule has 1 aromatic heterocycles. The molecule has 0 bridgehead atoms. The minimum absolute atomic E-state index is 0.0673. The lowest BCUT2D eigenvalue weighted by atomic mass is 10.2. The van der Waals surface area contributed by atoms with Crippen molar-refractivity contribution >= 4 is 17.3 Å². The average molecular weight is 245 g/mol. The zero-order valence-electron chi connectivity index (χ0n) is 9.41. The van der Waals surface area contributed by atoms with E-state index in [1.54, 1.807) is 24.3 Å². The second kappa shape index (κ2) is 5.09. The topological polar surface area (TPSA) is 107 Å². The molecule has 7 nitrogen and oxygen atoms in total. The summed E-state index contributed by atoms with van der Waals surface area (Å²) in [4.78, 5) is 10.2. The lowest BCUT2D eigenvalue weighted by molar-refractivity contribution is -0.384. The Hall–Kier alpha value is -2.70. The Kier molecular flexibility index (Phi) is 3.33. The third kappa shape index (κ3) is 2.91. The van der Waals surface area contributed by atoms with Gasteiger partial charge >= 0.3 is 0 Å². The number of aromatic nitrogens is 2. The number of hydrogen-bond acceptors (Lipinski definition) is 6. The van der Waals surface area contributed by atoms with Gasteiger partial charge in [-0.2, -0.15) is 0 Å². The van der Waals surface area contributed by atoms with Crippen molar-refractivity contribution in [3.63, 3.8) is 0 Å². The van der Waals surface area contributed by atoms with Crippen LogP contribution in [-0.4, -0.2) is 15.1 Å². The summed E-state index contributed by atoms with van der Waals surface area (Å²) in [6, 6.07) is 9.72. The van der Waals surface area contributed by atoms with E-state index in [2.05, 4.69) is 15.5 Å². The highest BCUT2D eigenvalue weighted by atomic mass is 16.6. The van der Waals surface area contributed by atoms with E-state index in [9.17, 15) is 10.1 Å². The van der Waals surface area contributed by atoms with Crippen molar-refractivity contribution in [2.75, 3.05) is 11.1 Å². The van der Waals surface area contributed by atoms with E-state index in [4.69, 9.17) is 5.73 Å². The van der Waals surface area contributed by atoms with E-state index in [0.29, 0.717) is 18.2 Å². The fourth-order valence-corrected chi connectivity index (χ4v) is 1.41. The van der Waals surface area contributed by atoms with Gasteiger partial charge in [-0.05, 0) is 17.7 Å². The Balaban J connectivity index is 2.04. The summed E-state index contributed by atoms with van der Waals surface area (Å²) in [5.74, 6) is 0.909. The van der Waals surface area contributed by atoms with Gasteiger partial charge in [0, 0.05) is 18.7 Å². The van der Waals surface area contributed by atoms with Crippen LogP contribution in [0.3, 0.4) is 0 Å². The molecule has 92 valence electrons. The van der Waals surface area contributed by atoms with Crippen molar-refractivity contribution in [3.05, 3.63) is 52.1 Å². The van der Waals surface area contributed by atoms with E-state index >= 15 is 0 Å². The molecule has 0 saturated carbocycles. The fourth-order valence-electron chi connectivity index (χ4n) is 1.41. The van der Waals surface area contributed by atoms with E-state index in [-0.39, 0.29) is 5.69 Å². The number of nitrogen functional groups attached to an aromatic ring is 1. The van der Waals surface area contributed by atoms with Crippen molar-refractivity contribution in [3.8, 4) is 0 Å². The largest absolute Gasteiger partial charge is 0.382 e. The Morgan fingerprint density at radius 2 is 2.11 bits per heavy atom. The molecule has 2 aromatic rings. The lowest BCUT2D eigenvalue weighted by Crippen LogP contribution is -2.03. The molecule has 0 amide bonds. The first kappa shape index (κ1) is 11.8. The van der Waals surface area contributed by atoms with Gasteiger partial charge in [0.2, 0.25) is 0 Å². The van der Waals surface area contributed by atoms with Crippen molar-refractivity contribution in [1.82, 2.24) is 10.2 Å². The smallest absolute Gasteiger partial charge is 0.269 e. The molecular formula is C11H11N5O2. The summed E-state index contributed by atoms with van der Waals surface area (Å²) >= 11 is 0. The molecular weight excluding hydrogens is 234 g/mol. The summed E-state index contributed by atoms with van der Waals surface area (Å²) in [5.41, 5.74) is 6.27. The zero-order chi connectivity index (χ0) is 13.0. The molecule has 18 heavy (non-hydrogen) atoms. The number of nitrogens with zero attached hydrogens (tertiary/aromatic N) is 3. The number of nitro benzene ring substituents is 1. The number of non-ortho nitro benzene ring substituents is 1.